The number of nitrogens with one attached hydrogen (secondary N) is 1. The molecule has 0 amide bonds. The largest absolute Gasteiger partial charge is 0.314 e. The van der Waals surface area contributed by atoms with Gasteiger partial charge in [-0.05, 0) is 51.0 Å². The summed E-state index contributed by atoms with van der Waals surface area (Å²) in [6, 6.07) is 0.673. The summed E-state index contributed by atoms with van der Waals surface area (Å²) in [4.78, 5) is 0. The van der Waals surface area contributed by atoms with Gasteiger partial charge in [0.2, 0.25) is 0 Å². The quantitative estimate of drug-likeness (QED) is 0.675. The highest BCUT2D eigenvalue weighted by atomic mass is 14.9. The van der Waals surface area contributed by atoms with Crippen LogP contribution in [0.15, 0.2) is 11.6 Å². The van der Waals surface area contributed by atoms with Crippen molar-refractivity contribution in [1.29, 1.82) is 0 Å². The Balaban J connectivity index is 2.33. The predicted molar refractivity (Wildman–Crippen MR) is 77.2 cm³/mol. The summed E-state index contributed by atoms with van der Waals surface area (Å²) in [5.74, 6) is 2.47. The van der Waals surface area contributed by atoms with E-state index >= 15 is 0 Å². The van der Waals surface area contributed by atoms with Gasteiger partial charge in [0, 0.05) is 6.04 Å². The summed E-state index contributed by atoms with van der Waals surface area (Å²) in [5.41, 5.74) is 1.59. The van der Waals surface area contributed by atoms with E-state index < -0.39 is 0 Å². The van der Waals surface area contributed by atoms with E-state index in [9.17, 15) is 0 Å². The Morgan fingerprint density at radius 3 is 2.53 bits per heavy atom. The molecule has 0 aromatic rings. The maximum Gasteiger partial charge on any atom is 0.00669 e. The average molecular weight is 237 g/mol. The third kappa shape index (κ3) is 4.83. The molecule has 0 heterocycles. The van der Waals surface area contributed by atoms with E-state index in [0.717, 1.165) is 17.8 Å². The molecular weight excluding hydrogens is 206 g/mol. The fourth-order valence-corrected chi connectivity index (χ4v) is 3.36. The summed E-state index contributed by atoms with van der Waals surface area (Å²) in [6.07, 6.45) is 7.70. The van der Waals surface area contributed by atoms with Gasteiger partial charge in [0.1, 0.15) is 0 Å². The minimum Gasteiger partial charge on any atom is -0.314 e. The second-order valence-electron chi connectivity index (χ2n) is 6.07. The topological polar surface area (TPSA) is 12.0 Å². The molecule has 0 aromatic heterocycles. The lowest BCUT2D eigenvalue weighted by molar-refractivity contribution is 0.309. The van der Waals surface area contributed by atoms with Crippen LogP contribution in [0, 0.1) is 17.8 Å². The zero-order valence-electron chi connectivity index (χ0n) is 12.4. The maximum atomic E-state index is 3.77. The van der Waals surface area contributed by atoms with Crippen LogP contribution in [-0.4, -0.2) is 12.6 Å². The van der Waals surface area contributed by atoms with Gasteiger partial charge in [-0.2, -0.15) is 0 Å². The molecule has 0 fully saturated rings. The highest BCUT2D eigenvalue weighted by molar-refractivity contribution is 5.06. The van der Waals surface area contributed by atoms with Crippen molar-refractivity contribution in [2.45, 2.75) is 66.3 Å². The summed E-state index contributed by atoms with van der Waals surface area (Å²) in [5, 5.41) is 3.77. The van der Waals surface area contributed by atoms with Crippen molar-refractivity contribution in [3.05, 3.63) is 11.6 Å². The lowest BCUT2D eigenvalue weighted by atomic mass is 9.83. The monoisotopic (exact) mass is 237 g/mol. The van der Waals surface area contributed by atoms with Gasteiger partial charge in [-0.3, -0.25) is 0 Å². The molecule has 0 bridgehead atoms. The van der Waals surface area contributed by atoms with Crippen LogP contribution in [-0.2, 0) is 0 Å². The van der Waals surface area contributed by atoms with Crippen molar-refractivity contribution in [3.8, 4) is 0 Å². The first kappa shape index (κ1) is 14.8. The zero-order chi connectivity index (χ0) is 12.8. The highest BCUT2D eigenvalue weighted by Gasteiger charge is 2.20. The standard InChI is InChI=1S/C16H31N/c1-6-16(7-2)14(5)17-11-15-9-12(3)8-13(4)10-15/h8,12,14-17H,6-7,9-11H2,1-5H3. The Hall–Kier alpha value is -0.300. The number of hydrogen-bond acceptors (Lipinski definition) is 1. The van der Waals surface area contributed by atoms with Gasteiger partial charge in [0.25, 0.3) is 0 Å². The summed E-state index contributed by atoms with van der Waals surface area (Å²) < 4.78 is 0. The van der Waals surface area contributed by atoms with E-state index in [1.165, 1.54) is 32.2 Å². The lowest BCUT2D eigenvalue weighted by Crippen LogP contribution is -2.37. The molecule has 0 saturated heterocycles. The molecule has 1 heteroatoms. The second-order valence-corrected chi connectivity index (χ2v) is 6.07. The number of allylic oxidation sites excluding steroid dienone is 2. The van der Waals surface area contributed by atoms with E-state index in [1.807, 2.05) is 0 Å². The van der Waals surface area contributed by atoms with Gasteiger partial charge in [-0.25, -0.2) is 0 Å². The van der Waals surface area contributed by atoms with Crippen LogP contribution < -0.4 is 5.32 Å². The molecule has 1 aliphatic carbocycles. The molecule has 0 spiro atoms. The van der Waals surface area contributed by atoms with Crippen molar-refractivity contribution in [2.24, 2.45) is 17.8 Å². The van der Waals surface area contributed by atoms with E-state index in [1.54, 1.807) is 5.57 Å². The molecule has 0 aliphatic heterocycles. The number of hydrogen-bond donors (Lipinski definition) is 1. The Morgan fingerprint density at radius 1 is 1.35 bits per heavy atom. The molecule has 1 rings (SSSR count). The van der Waals surface area contributed by atoms with Crippen molar-refractivity contribution in [2.75, 3.05) is 6.54 Å². The zero-order valence-corrected chi connectivity index (χ0v) is 12.4. The Morgan fingerprint density at radius 2 is 2.00 bits per heavy atom. The average Bonchev–Trinajstić information content (AvgIpc) is 2.27. The predicted octanol–water partition coefficient (Wildman–Crippen LogP) is 4.39. The third-order valence-electron chi connectivity index (χ3n) is 4.37. The minimum atomic E-state index is 0.673. The Bertz CT molecular complexity index is 240. The van der Waals surface area contributed by atoms with Gasteiger partial charge in [-0.1, -0.05) is 45.3 Å². The van der Waals surface area contributed by atoms with E-state index in [-0.39, 0.29) is 0 Å². The van der Waals surface area contributed by atoms with Gasteiger partial charge in [0.15, 0.2) is 0 Å². The van der Waals surface area contributed by atoms with E-state index in [4.69, 9.17) is 0 Å². The molecule has 0 aromatic carbocycles. The van der Waals surface area contributed by atoms with Gasteiger partial charge in [-0.15, -0.1) is 0 Å². The van der Waals surface area contributed by atoms with Crippen LogP contribution in [0.3, 0.4) is 0 Å². The summed E-state index contributed by atoms with van der Waals surface area (Å²) >= 11 is 0. The van der Waals surface area contributed by atoms with Crippen molar-refractivity contribution in [1.82, 2.24) is 5.32 Å². The van der Waals surface area contributed by atoms with Crippen molar-refractivity contribution < 1.29 is 0 Å². The molecule has 3 atom stereocenters. The summed E-state index contributed by atoms with van der Waals surface area (Å²) in [7, 11) is 0. The van der Waals surface area contributed by atoms with E-state index in [0.29, 0.717) is 6.04 Å². The molecule has 3 unspecified atom stereocenters. The maximum absolute atomic E-state index is 3.77. The molecular formula is C16H31N. The first-order valence-corrected chi connectivity index (χ1v) is 7.47. The fraction of sp³-hybridized carbons (Fsp3) is 0.875. The molecule has 0 saturated carbocycles. The smallest absolute Gasteiger partial charge is 0.00669 e. The van der Waals surface area contributed by atoms with Crippen LogP contribution in [0.2, 0.25) is 0 Å². The third-order valence-corrected chi connectivity index (χ3v) is 4.37. The second kappa shape index (κ2) is 7.20. The van der Waals surface area contributed by atoms with E-state index in [2.05, 4.69) is 46.0 Å². The van der Waals surface area contributed by atoms with Crippen LogP contribution in [0.25, 0.3) is 0 Å². The number of rotatable bonds is 6. The van der Waals surface area contributed by atoms with Gasteiger partial charge in [0.05, 0.1) is 0 Å². The Labute approximate surface area is 108 Å². The molecule has 1 N–H and O–H groups in total. The van der Waals surface area contributed by atoms with Crippen LogP contribution in [0.5, 0.6) is 0 Å². The fourth-order valence-electron chi connectivity index (χ4n) is 3.36. The molecule has 1 nitrogen and oxygen atoms in total. The van der Waals surface area contributed by atoms with Crippen LogP contribution in [0.1, 0.15) is 60.3 Å². The normalized spacial score (nSPS) is 27.1. The highest BCUT2D eigenvalue weighted by Crippen LogP contribution is 2.27. The molecule has 0 radical (unpaired) electrons. The Kier molecular flexibility index (Phi) is 6.26. The molecule has 17 heavy (non-hydrogen) atoms. The van der Waals surface area contributed by atoms with Crippen molar-refractivity contribution >= 4 is 0 Å². The van der Waals surface area contributed by atoms with Gasteiger partial charge >= 0.3 is 0 Å². The van der Waals surface area contributed by atoms with Crippen LogP contribution >= 0.6 is 0 Å². The van der Waals surface area contributed by atoms with Gasteiger partial charge < -0.3 is 5.32 Å². The van der Waals surface area contributed by atoms with Crippen LogP contribution in [0.4, 0.5) is 0 Å². The first-order chi connectivity index (χ1) is 8.06. The minimum absolute atomic E-state index is 0.673. The lowest BCUT2D eigenvalue weighted by Gasteiger charge is -2.29. The van der Waals surface area contributed by atoms with Crippen molar-refractivity contribution in [3.63, 3.8) is 0 Å². The molecule has 1 aliphatic rings. The SMILES string of the molecule is CCC(CC)C(C)NCC1CC(C)=CC(C)C1. The summed E-state index contributed by atoms with van der Waals surface area (Å²) in [6.45, 7) is 12.8. The molecule has 100 valence electrons. The first-order valence-electron chi connectivity index (χ1n) is 7.47.